The van der Waals surface area contributed by atoms with E-state index in [1.807, 2.05) is 31.2 Å². The molecule has 3 aromatic rings. The lowest BCUT2D eigenvalue weighted by molar-refractivity contribution is -0.0431. The van der Waals surface area contributed by atoms with E-state index >= 15 is 0 Å². The van der Waals surface area contributed by atoms with E-state index in [1.165, 1.54) is 0 Å². The summed E-state index contributed by atoms with van der Waals surface area (Å²) in [6.07, 6.45) is -0.153. The molecule has 1 unspecified atom stereocenters. The first-order chi connectivity index (χ1) is 12.2. The first-order valence-corrected chi connectivity index (χ1v) is 9.31. The van der Waals surface area contributed by atoms with Crippen LogP contribution < -0.4 is 0 Å². The van der Waals surface area contributed by atoms with Crippen LogP contribution in [0, 0.1) is 6.92 Å². The highest BCUT2D eigenvalue weighted by molar-refractivity contribution is 7.09. The molecule has 2 aromatic heterocycles. The Morgan fingerprint density at radius 2 is 2.16 bits per heavy atom. The summed E-state index contributed by atoms with van der Waals surface area (Å²) in [6.45, 7) is 7.57. The maximum Gasteiger partial charge on any atom is 0.257 e. The molecule has 4 rings (SSSR count). The fourth-order valence-electron chi connectivity index (χ4n) is 2.94. The van der Waals surface area contributed by atoms with E-state index in [2.05, 4.69) is 32.3 Å². The molecule has 25 heavy (non-hydrogen) atoms. The van der Waals surface area contributed by atoms with Crippen molar-refractivity contribution in [2.75, 3.05) is 26.2 Å². The Morgan fingerprint density at radius 3 is 2.96 bits per heavy atom. The lowest BCUT2D eigenvalue weighted by atomic mass is 10.1. The van der Waals surface area contributed by atoms with Crippen LogP contribution in [0.15, 0.2) is 34.2 Å². The summed E-state index contributed by atoms with van der Waals surface area (Å²) in [4.78, 5) is 11.4. The van der Waals surface area contributed by atoms with Gasteiger partial charge in [0.05, 0.1) is 17.3 Å². The van der Waals surface area contributed by atoms with Gasteiger partial charge in [0.15, 0.2) is 0 Å². The number of rotatable bonds is 4. The molecule has 3 heterocycles. The van der Waals surface area contributed by atoms with Crippen LogP contribution in [-0.2, 0) is 4.74 Å². The zero-order valence-corrected chi connectivity index (χ0v) is 15.1. The van der Waals surface area contributed by atoms with Crippen molar-refractivity contribution in [2.45, 2.75) is 20.0 Å². The number of thiazole rings is 1. The van der Waals surface area contributed by atoms with E-state index in [0.29, 0.717) is 18.3 Å². The number of ether oxygens (including phenoxy) is 1. The third kappa shape index (κ3) is 3.49. The van der Waals surface area contributed by atoms with Crippen molar-refractivity contribution in [3.63, 3.8) is 0 Å². The van der Waals surface area contributed by atoms with E-state index in [0.717, 1.165) is 41.5 Å². The number of aryl methyl sites for hydroxylation is 1. The summed E-state index contributed by atoms with van der Waals surface area (Å²) >= 11 is 1.64. The van der Waals surface area contributed by atoms with Crippen molar-refractivity contribution in [1.82, 2.24) is 20.0 Å². The van der Waals surface area contributed by atoms with Gasteiger partial charge in [0.2, 0.25) is 5.82 Å². The van der Waals surface area contributed by atoms with Crippen molar-refractivity contribution in [3.8, 4) is 22.6 Å². The SMILES string of the molecule is CCN1CCOC(c2nc(-c3cccc(-c4csc(C)n4)c3)no2)C1. The first-order valence-electron chi connectivity index (χ1n) is 8.43. The lowest BCUT2D eigenvalue weighted by Crippen LogP contribution is -2.38. The first kappa shape index (κ1) is 16.4. The largest absolute Gasteiger partial charge is 0.366 e. The summed E-state index contributed by atoms with van der Waals surface area (Å²) < 4.78 is 11.3. The third-order valence-electron chi connectivity index (χ3n) is 4.35. The molecule has 1 aromatic carbocycles. The predicted molar refractivity (Wildman–Crippen MR) is 96.4 cm³/mol. The maximum atomic E-state index is 5.79. The van der Waals surface area contributed by atoms with Gasteiger partial charge >= 0.3 is 0 Å². The van der Waals surface area contributed by atoms with Gasteiger partial charge in [-0.25, -0.2) is 4.98 Å². The smallest absolute Gasteiger partial charge is 0.257 e. The molecule has 0 amide bonds. The molecule has 0 bridgehead atoms. The molecule has 0 N–H and O–H groups in total. The van der Waals surface area contributed by atoms with Crippen molar-refractivity contribution in [2.24, 2.45) is 0 Å². The van der Waals surface area contributed by atoms with Crippen LogP contribution in [0.2, 0.25) is 0 Å². The van der Waals surface area contributed by atoms with Gasteiger partial charge in [0, 0.05) is 29.6 Å². The number of hydrogen-bond acceptors (Lipinski definition) is 7. The summed E-state index contributed by atoms with van der Waals surface area (Å²) in [7, 11) is 0. The van der Waals surface area contributed by atoms with E-state index < -0.39 is 0 Å². The second kappa shape index (κ2) is 7.03. The van der Waals surface area contributed by atoms with E-state index in [4.69, 9.17) is 9.26 Å². The van der Waals surface area contributed by atoms with Crippen LogP contribution in [0.3, 0.4) is 0 Å². The van der Waals surface area contributed by atoms with Gasteiger partial charge in [-0.2, -0.15) is 4.98 Å². The van der Waals surface area contributed by atoms with E-state index in [-0.39, 0.29) is 6.10 Å². The fourth-order valence-corrected chi connectivity index (χ4v) is 3.56. The fraction of sp³-hybridized carbons (Fsp3) is 0.389. The number of hydrogen-bond donors (Lipinski definition) is 0. The molecule has 1 aliphatic heterocycles. The minimum Gasteiger partial charge on any atom is -0.366 e. The van der Waals surface area contributed by atoms with Gasteiger partial charge in [0.25, 0.3) is 5.89 Å². The standard InChI is InChI=1S/C18H20N4O2S/c1-3-22-7-8-23-16(10-22)18-20-17(21-24-18)14-6-4-5-13(9-14)15-11-25-12(2)19-15/h4-6,9,11,16H,3,7-8,10H2,1-2H3. The number of likely N-dealkylation sites (N-methyl/N-ethyl adjacent to an activating group) is 1. The van der Waals surface area contributed by atoms with E-state index in [9.17, 15) is 0 Å². The van der Waals surface area contributed by atoms with Gasteiger partial charge in [-0.1, -0.05) is 30.3 Å². The molecule has 1 saturated heterocycles. The molecular weight excluding hydrogens is 336 g/mol. The predicted octanol–water partition coefficient (Wildman–Crippen LogP) is 3.56. The van der Waals surface area contributed by atoms with Crippen LogP contribution >= 0.6 is 11.3 Å². The molecule has 6 nitrogen and oxygen atoms in total. The molecular formula is C18H20N4O2S. The number of aromatic nitrogens is 3. The average Bonchev–Trinajstić information content (AvgIpc) is 3.31. The Kier molecular flexibility index (Phi) is 4.61. The topological polar surface area (TPSA) is 64.3 Å². The minimum absolute atomic E-state index is 0.153. The van der Waals surface area contributed by atoms with Crippen LogP contribution in [0.1, 0.15) is 23.9 Å². The molecule has 1 fully saturated rings. The summed E-state index contributed by atoms with van der Waals surface area (Å²) in [6, 6.07) is 8.06. The van der Waals surface area contributed by atoms with Crippen molar-refractivity contribution in [1.29, 1.82) is 0 Å². The van der Waals surface area contributed by atoms with Gasteiger partial charge in [-0.3, -0.25) is 4.90 Å². The Balaban J connectivity index is 1.58. The van der Waals surface area contributed by atoms with Crippen LogP contribution in [0.25, 0.3) is 22.6 Å². The Morgan fingerprint density at radius 1 is 1.28 bits per heavy atom. The molecule has 1 aliphatic rings. The quantitative estimate of drug-likeness (QED) is 0.712. The Hall–Kier alpha value is -2.09. The second-order valence-electron chi connectivity index (χ2n) is 6.04. The molecule has 1 atom stereocenters. The van der Waals surface area contributed by atoms with Crippen molar-refractivity contribution < 1.29 is 9.26 Å². The molecule has 130 valence electrons. The zero-order valence-electron chi connectivity index (χ0n) is 14.3. The highest BCUT2D eigenvalue weighted by Gasteiger charge is 2.26. The van der Waals surface area contributed by atoms with Gasteiger partial charge in [-0.15, -0.1) is 11.3 Å². The molecule has 7 heteroatoms. The summed E-state index contributed by atoms with van der Waals surface area (Å²) in [5.74, 6) is 1.13. The van der Waals surface area contributed by atoms with Crippen LogP contribution in [0.5, 0.6) is 0 Å². The minimum atomic E-state index is -0.153. The number of nitrogens with zero attached hydrogens (tertiary/aromatic N) is 4. The highest BCUT2D eigenvalue weighted by atomic mass is 32.1. The highest BCUT2D eigenvalue weighted by Crippen LogP contribution is 2.27. The molecule has 0 radical (unpaired) electrons. The van der Waals surface area contributed by atoms with E-state index in [1.54, 1.807) is 11.3 Å². The molecule has 0 saturated carbocycles. The van der Waals surface area contributed by atoms with Crippen molar-refractivity contribution >= 4 is 11.3 Å². The Bertz CT molecular complexity index is 860. The number of morpholine rings is 1. The normalized spacial score (nSPS) is 18.6. The zero-order chi connectivity index (χ0) is 17.2. The van der Waals surface area contributed by atoms with Crippen LogP contribution in [0.4, 0.5) is 0 Å². The Labute approximate surface area is 150 Å². The molecule has 0 spiro atoms. The van der Waals surface area contributed by atoms with Gasteiger partial charge in [0.1, 0.15) is 6.10 Å². The summed E-state index contributed by atoms with van der Waals surface area (Å²) in [5, 5.41) is 7.26. The maximum absolute atomic E-state index is 5.79. The molecule has 0 aliphatic carbocycles. The third-order valence-corrected chi connectivity index (χ3v) is 5.12. The second-order valence-corrected chi connectivity index (χ2v) is 7.10. The number of benzene rings is 1. The van der Waals surface area contributed by atoms with Crippen LogP contribution in [-0.4, -0.2) is 46.3 Å². The average molecular weight is 356 g/mol. The monoisotopic (exact) mass is 356 g/mol. The van der Waals surface area contributed by atoms with Gasteiger partial charge < -0.3 is 9.26 Å². The lowest BCUT2D eigenvalue weighted by Gasteiger charge is -2.29. The van der Waals surface area contributed by atoms with Gasteiger partial charge in [-0.05, 0) is 19.5 Å². The summed E-state index contributed by atoms with van der Waals surface area (Å²) in [5.41, 5.74) is 2.95. The van der Waals surface area contributed by atoms with Crippen molar-refractivity contribution in [3.05, 3.63) is 40.5 Å².